The number of carbonyl (C=O) groups is 3. The molecule has 2 aromatic carbocycles. The van der Waals surface area contributed by atoms with Crippen molar-refractivity contribution < 1.29 is 18.8 Å². The van der Waals surface area contributed by atoms with E-state index in [1.165, 1.54) is 24.3 Å². The Balaban J connectivity index is 1.69. The molecule has 1 aliphatic heterocycles. The molecule has 1 fully saturated rings. The molecule has 0 aromatic heterocycles. The fourth-order valence-electron chi connectivity index (χ4n) is 2.65. The maximum absolute atomic E-state index is 13.6. The molecule has 0 radical (unpaired) electrons. The predicted molar refractivity (Wildman–Crippen MR) is 104 cm³/mol. The molecule has 0 spiro atoms. The van der Waals surface area contributed by atoms with Crippen LogP contribution in [-0.4, -0.2) is 43.4 Å². The van der Waals surface area contributed by atoms with E-state index in [0.29, 0.717) is 0 Å². The van der Waals surface area contributed by atoms with Gasteiger partial charge in [0.1, 0.15) is 18.1 Å². The maximum Gasteiger partial charge on any atom is 0.329 e. The fraction of sp³-hybridized carbons (Fsp3) is 0.150. The van der Waals surface area contributed by atoms with Crippen molar-refractivity contribution in [3.8, 4) is 0 Å². The second-order valence-electron chi connectivity index (χ2n) is 6.39. The van der Waals surface area contributed by atoms with E-state index in [4.69, 9.17) is 0 Å². The Kier molecular flexibility index (Phi) is 5.39. The quantitative estimate of drug-likeness (QED) is 0.615. The number of benzene rings is 2. The third-order valence-electron chi connectivity index (χ3n) is 4.13. The van der Waals surface area contributed by atoms with Crippen molar-refractivity contribution in [1.29, 1.82) is 0 Å². The van der Waals surface area contributed by atoms with Crippen molar-refractivity contribution in [2.45, 2.75) is 0 Å². The molecule has 2 aromatic rings. The lowest BCUT2D eigenvalue weighted by molar-refractivity contribution is -0.127. The lowest BCUT2D eigenvalue weighted by Gasteiger charge is -2.12. The van der Waals surface area contributed by atoms with Gasteiger partial charge in [0.25, 0.3) is 5.91 Å². The van der Waals surface area contributed by atoms with Gasteiger partial charge in [0.2, 0.25) is 5.91 Å². The molecule has 1 aliphatic rings. The number of anilines is 2. The number of amides is 4. The first kappa shape index (κ1) is 19.1. The molecule has 144 valence electrons. The third-order valence-corrected chi connectivity index (χ3v) is 4.13. The van der Waals surface area contributed by atoms with Gasteiger partial charge < -0.3 is 15.5 Å². The summed E-state index contributed by atoms with van der Waals surface area (Å²) in [6.45, 7) is -0.518. The largest absolute Gasteiger partial charge is 0.378 e. The lowest BCUT2D eigenvalue weighted by Crippen LogP contribution is -2.38. The van der Waals surface area contributed by atoms with Gasteiger partial charge in [0.05, 0.1) is 5.69 Å². The van der Waals surface area contributed by atoms with E-state index in [-0.39, 0.29) is 11.4 Å². The van der Waals surface area contributed by atoms with E-state index in [0.717, 1.165) is 16.2 Å². The number of imide groups is 1. The summed E-state index contributed by atoms with van der Waals surface area (Å²) in [5.74, 6) is -1.90. The van der Waals surface area contributed by atoms with Crippen molar-refractivity contribution in [3.05, 3.63) is 65.6 Å². The molecule has 0 bridgehead atoms. The minimum atomic E-state index is -0.704. The number of nitrogens with zero attached hydrogens (tertiary/aromatic N) is 2. The number of para-hydroxylation sites is 1. The Morgan fingerprint density at radius 2 is 1.82 bits per heavy atom. The highest BCUT2D eigenvalue weighted by atomic mass is 19.1. The second-order valence-corrected chi connectivity index (χ2v) is 6.39. The third kappa shape index (κ3) is 4.17. The minimum absolute atomic E-state index is 0.0173. The monoisotopic (exact) mass is 382 g/mol. The van der Waals surface area contributed by atoms with Crippen LogP contribution in [0.1, 0.15) is 5.56 Å². The molecular weight excluding hydrogens is 363 g/mol. The molecule has 1 heterocycles. The zero-order chi connectivity index (χ0) is 20.3. The van der Waals surface area contributed by atoms with Crippen molar-refractivity contribution in [2.75, 3.05) is 30.9 Å². The second kappa shape index (κ2) is 7.91. The molecule has 4 amide bonds. The van der Waals surface area contributed by atoms with Gasteiger partial charge >= 0.3 is 6.03 Å². The molecule has 2 N–H and O–H groups in total. The van der Waals surface area contributed by atoms with E-state index in [2.05, 4.69) is 10.6 Å². The topological polar surface area (TPSA) is 81.8 Å². The van der Waals surface area contributed by atoms with Crippen LogP contribution in [-0.2, 0) is 9.59 Å². The number of halogens is 1. The summed E-state index contributed by atoms with van der Waals surface area (Å²) in [4.78, 5) is 39.4. The van der Waals surface area contributed by atoms with Crippen molar-refractivity contribution in [3.63, 3.8) is 0 Å². The molecule has 3 rings (SSSR count). The van der Waals surface area contributed by atoms with Crippen LogP contribution in [0.15, 0.2) is 54.2 Å². The minimum Gasteiger partial charge on any atom is -0.378 e. The van der Waals surface area contributed by atoms with E-state index < -0.39 is 30.2 Å². The summed E-state index contributed by atoms with van der Waals surface area (Å²) >= 11 is 0. The van der Waals surface area contributed by atoms with E-state index in [9.17, 15) is 18.8 Å². The molecule has 1 saturated heterocycles. The highest BCUT2D eigenvalue weighted by molar-refractivity contribution is 6.15. The van der Waals surface area contributed by atoms with Crippen LogP contribution in [0.5, 0.6) is 0 Å². The van der Waals surface area contributed by atoms with Crippen LogP contribution in [0.4, 0.5) is 20.6 Å². The Morgan fingerprint density at radius 3 is 2.46 bits per heavy atom. The lowest BCUT2D eigenvalue weighted by atomic mass is 10.1. The first-order chi connectivity index (χ1) is 13.3. The number of urea groups is 1. The van der Waals surface area contributed by atoms with Gasteiger partial charge in [-0.05, 0) is 35.9 Å². The number of rotatable bonds is 5. The summed E-state index contributed by atoms with van der Waals surface area (Å²) in [5.41, 5.74) is 1.78. The zero-order valence-corrected chi connectivity index (χ0v) is 15.4. The van der Waals surface area contributed by atoms with Gasteiger partial charge in [-0.2, -0.15) is 0 Å². The van der Waals surface area contributed by atoms with Crippen molar-refractivity contribution in [2.24, 2.45) is 0 Å². The first-order valence-corrected chi connectivity index (χ1v) is 8.51. The van der Waals surface area contributed by atoms with Gasteiger partial charge in [-0.3, -0.25) is 9.59 Å². The van der Waals surface area contributed by atoms with Crippen LogP contribution in [0.3, 0.4) is 0 Å². The predicted octanol–water partition coefficient (Wildman–Crippen LogP) is 2.42. The summed E-state index contributed by atoms with van der Waals surface area (Å²) in [5, 5.41) is 4.80. The zero-order valence-electron chi connectivity index (χ0n) is 15.4. The molecule has 8 heteroatoms. The van der Waals surface area contributed by atoms with Crippen LogP contribution in [0.2, 0.25) is 0 Å². The van der Waals surface area contributed by atoms with Gasteiger partial charge in [-0.15, -0.1) is 0 Å². The van der Waals surface area contributed by atoms with Crippen molar-refractivity contribution in [1.82, 2.24) is 10.2 Å². The van der Waals surface area contributed by atoms with Gasteiger partial charge in [-0.1, -0.05) is 24.3 Å². The van der Waals surface area contributed by atoms with E-state index >= 15 is 0 Å². The molecule has 28 heavy (non-hydrogen) atoms. The summed E-state index contributed by atoms with van der Waals surface area (Å²) < 4.78 is 13.6. The molecule has 0 saturated carbocycles. The van der Waals surface area contributed by atoms with Crippen LogP contribution in [0.25, 0.3) is 6.08 Å². The summed E-state index contributed by atoms with van der Waals surface area (Å²) in [6.07, 6.45) is 1.54. The first-order valence-electron chi connectivity index (χ1n) is 8.51. The summed E-state index contributed by atoms with van der Waals surface area (Å²) in [7, 11) is 3.83. The van der Waals surface area contributed by atoms with E-state index in [1.54, 1.807) is 6.07 Å². The molecule has 0 unspecified atom stereocenters. The Bertz CT molecular complexity index is 954. The standard InChI is InChI=1S/C20H19FN4O3/c1-24(2)14-9-7-13(8-10-14)11-17-19(27)25(20(28)23-17)12-18(26)22-16-6-4-3-5-15(16)21/h3-11H,12H2,1-2H3,(H,22,26)(H,23,28)/b17-11+. The van der Waals surface area contributed by atoms with Gasteiger partial charge in [0, 0.05) is 19.8 Å². The van der Waals surface area contributed by atoms with Gasteiger partial charge in [0.15, 0.2) is 0 Å². The normalized spacial score (nSPS) is 15.0. The average Bonchev–Trinajstić information content (AvgIpc) is 2.91. The number of carbonyl (C=O) groups excluding carboxylic acids is 3. The Labute approximate surface area is 161 Å². The molecule has 0 aliphatic carbocycles. The molecule has 0 atom stereocenters. The van der Waals surface area contributed by atoms with Gasteiger partial charge in [-0.25, -0.2) is 14.1 Å². The number of nitrogens with one attached hydrogen (secondary N) is 2. The Morgan fingerprint density at radius 1 is 1.14 bits per heavy atom. The van der Waals surface area contributed by atoms with Crippen LogP contribution >= 0.6 is 0 Å². The summed E-state index contributed by atoms with van der Waals surface area (Å²) in [6, 6.07) is 12.3. The maximum atomic E-state index is 13.6. The smallest absolute Gasteiger partial charge is 0.329 e. The molecule has 7 nitrogen and oxygen atoms in total. The molecular formula is C20H19FN4O3. The SMILES string of the molecule is CN(C)c1ccc(/C=C2/NC(=O)N(CC(=O)Nc3ccccc3F)C2=O)cc1. The number of hydrogen-bond acceptors (Lipinski definition) is 4. The number of hydrogen-bond donors (Lipinski definition) is 2. The van der Waals surface area contributed by atoms with Crippen LogP contribution in [0, 0.1) is 5.82 Å². The highest BCUT2D eigenvalue weighted by Crippen LogP contribution is 2.18. The Hall–Kier alpha value is -3.68. The highest BCUT2D eigenvalue weighted by Gasteiger charge is 2.35. The van der Waals surface area contributed by atoms with Crippen LogP contribution < -0.4 is 15.5 Å². The van der Waals surface area contributed by atoms with Crippen molar-refractivity contribution >= 4 is 35.3 Å². The van der Waals surface area contributed by atoms with E-state index in [1.807, 2.05) is 43.3 Å². The fourth-order valence-corrected chi connectivity index (χ4v) is 2.65. The average molecular weight is 382 g/mol.